The Balaban J connectivity index is 1.95. The first-order chi connectivity index (χ1) is 12.8. The largest absolute Gasteiger partial charge is 0.355 e. The first-order valence-corrected chi connectivity index (χ1v) is 10.8. The zero-order valence-corrected chi connectivity index (χ0v) is 17.4. The zero-order chi connectivity index (χ0) is 19.9. The van der Waals surface area contributed by atoms with Gasteiger partial charge in [-0.3, -0.25) is 4.79 Å². The van der Waals surface area contributed by atoms with Crippen molar-refractivity contribution in [3.8, 4) is 0 Å². The third-order valence-corrected chi connectivity index (χ3v) is 5.55. The van der Waals surface area contributed by atoms with Crippen LogP contribution in [0.2, 0.25) is 0 Å². The minimum atomic E-state index is -4.00. The number of carbonyl (C=O) groups excluding carboxylic acids is 2. The number of hydrogen-bond acceptors (Lipinski definition) is 5. The number of carbonyl (C=O) groups is 2. The van der Waals surface area contributed by atoms with Gasteiger partial charge in [-0.1, -0.05) is 34.1 Å². The van der Waals surface area contributed by atoms with Crippen LogP contribution in [0.1, 0.15) is 5.56 Å². The molecule has 0 spiro atoms. The lowest BCUT2D eigenvalue weighted by atomic mass is 10.1. The van der Waals surface area contributed by atoms with Crippen LogP contribution in [0.15, 0.2) is 57.9 Å². The highest BCUT2D eigenvalue weighted by atomic mass is 79.9. The second-order valence-electron chi connectivity index (χ2n) is 5.47. The van der Waals surface area contributed by atoms with Crippen LogP contribution < -0.4 is 15.4 Å². The number of nitrogens with one attached hydrogen (secondary N) is 3. The molecule has 2 rings (SSSR count). The van der Waals surface area contributed by atoms with Crippen molar-refractivity contribution in [1.82, 2.24) is 10.0 Å². The van der Waals surface area contributed by atoms with Crippen molar-refractivity contribution in [3.05, 3.63) is 58.6 Å². The maximum atomic E-state index is 12.3. The Labute approximate surface area is 171 Å². The molecule has 144 valence electrons. The Hall–Kier alpha value is -2.04. The number of anilines is 1. The van der Waals surface area contributed by atoms with Crippen molar-refractivity contribution in [3.63, 3.8) is 0 Å². The van der Waals surface area contributed by atoms with Crippen molar-refractivity contribution >= 4 is 56.2 Å². The Morgan fingerprint density at radius 2 is 1.78 bits per heavy atom. The average molecular weight is 472 g/mol. The van der Waals surface area contributed by atoms with E-state index in [0.717, 1.165) is 10.0 Å². The molecule has 7 nitrogen and oxygen atoms in total. The molecule has 0 aromatic heterocycles. The number of hydrogen-bond donors (Lipinski definition) is 4. The number of rotatable bonds is 7. The quantitative estimate of drug-likeness (QED) is 0.465. The molecule has 3 amide bonds. The van der Waals surface area contributed by atoms with Gasteiger partial charge in [-0.15, -0.1) is 0 Å². The van der Waals surface area contributed by atoms with E-state index in [1.165, 1.54) is 12.1 Å². The Morgan fingerprint density at radius 3 is 2.41 bits per heavy atom. The second kappa shape index (κ2) is 9.77. The molecule has 2 aromatic rings. The van der Waals surface area contributed by atoms with E-state index in [1.54, 1.807) is 36.4 Å². The Morgan fingerprint density at radius 1 is 1.07 bits per heavy atom. The van der Waals surface area contributed by atoms with E-state index in [1.807, 2.05) is 4.72 Å². The van der Waals surface area contributed by atoms with Crippen LogP contribution in [0.3, 0.4) is 0 Å². The summed E-state index contributed by atoms with van der Waals surface area (Å²) in [5.74, 6) is -0.0524. The fourth-order valence-corrected chi connectivity index (χ4v) is 3.56. The smallest absolute Gasteiger partial charge is 0.333 e. The number of amides is 3. The molecule has 0 aliphatic carbocycles. The molecule has 2 aromatic carbocycles. The van der Waals surface area contributed by atoms with Crippen LogP contribution in [0, 0.1) is 0 Å². The first kappa shape index (κ1) is 21.3. The van der Waals surface area contributed by atoms with E-state index in [4.69, 9.17) is 0 Å². The van der Waals surface area contributed by atoms with Crippen LogP contribution in [-0.2, 0) is 21.2 Å². The number of thiol groups is 1. The molecule has 0 atom stereocenters. The lowest BCUT2D eigenvalue weighted by molar-refractivity contribution is -0.118. The topological polar surface area (TPSA) is 104 Å². The number of halogens is 1. The molecule has 0 unspecified atom stereocenters. The van der Waals surface area contributed by atoms with E-state index in [9.17, 15) is 18.0 Å². The highest BCUT2D eigenvalue weighted by Crippen LogP contribution is 2.16. The van der Waals surface area contributed by atoms with Crippen molar-refractivity contribution in [2.24, 2.45) is 0 Å². The monoisotopic (exact) mass is 471 g/mol. The third-order valence-electron chi connectivity index (χ3n) is 3.42. The minimum absolute atomic E-state index is 0.0324. The summed E-state index contributed by atoms with van der Waals surface area (Å²) in [6, 6.07) is 12.0. The van der Waals surface area contributed by atoms with Crippen LogP contribution >= 0.6 is 28.6 Å². The minimum Gasteiger partial charge on any atom is -0.355 e. The van der Waals surface area contributed by atoms with E-state index < -0.39 is 16.1 Å². The predicted molar refractivity (Wildman–Crippen MR) is 110 cm³/mol. The first-order valence-electron chi connectivity index (χ1n) is 7.86. The van der Waals surface area contributed by atoms with Crippen LogP contribution in [0.5, 0.6) is 0 Å². The Kier molecular flexibility index (Phi) is 7.69. The molecular formula is C17H18BrN3O4S2. The van der Waals surface area contributed by atoms with Crippen LogP contribution in [0.25, 0.3) is 0 Å². The molecule has 0 saturated heterocycles. The standard InChI is InChI=1S/C17H18BrN3O4S2/c18-13-2-1-3-14(10-13)20-17(23)21-27(24,25)15-6-4-12(5-7-15)8-9-19-16(22)11-26/h1-7,10,26H,8-9,11H2,(H,19,22)(H2,20,21,23). The highest BCUT2D eigenvalue weighted by Gasteiger charge is 2.17. The molecule has 0 bridgehead atoms. The molecule has 0 fully saturated rings. The van der Waals surface area contributed by atoms with E-state index >= 15 is 0 Å². The van der Waals surface area contributed by atoms with Gasteiger partial charge < -0.3 is 10.6 Å². The molecule has 0 radical (unpaired) electrons. The summed E-state index contributed by atoms with van der Waals surface area (Å²) in [7, 11) is -4.00. The van der Waals surface area contributed by atoms with Gasteiger partial charge in [-0.05, 0) is 42.3 Å². The summed E-state index contributed by atoms with van der Waals surface area (Å²) in [5, 5.41) is 5.14. The van der Waals surface area contributed by atoms with Gasteiger partial charge in [0.2, 0.25) is 5.91 Å². The zero-order valence-electron chi connectivity index (χ0n) is 14.1. The number of sulfonamides is 1. The summed E-state index contributed by atoms with van der Waals surface area (Å²) < 4.78 is 27.3. The van der Waals surface area contributed by atoms with Gasteiger partial charge in [0, 0.05) is 16.7 Å². The molecule has 10 heteroatoms. The summed E-state index contributed by atoms with van der Waals surface area (Å²) in [5.41, 5.74) is 1.31. The molecule has 0 saturated carbocycles. The van der Waals surface area contributed by atoms with Crippen molar-refractivity contribution in [2.75, 3.05) is 17.6 Å². The summed E-state index contributed by atoms with van der Waals surface area (Å²) in [6.45, 7) is 0.429. The molecule has 3 N–H and O–H groups in total. The normalized spacial score (nSPS) is 10.9. The van der Waals surface area contributed by atoms with Crippen molar-refractivity contribution in [1.29, 1.82) is 0 Å². The third kappa shape index (κ3) is 6.89. The molecule has 0 aliphatic rings. The lowest BCUT2D eigenvalue weighted by Crippen LogP contribution is -2.34. The van der Waals surface area contributed by atoms with Crippen LogP contribution in [0.4, 0.5) is 10.5 Å². The fourth-order valence-electron chi connectivity index (χ4n) is 2.14. The summed E-state index contributed by atoms with van der Waals surface area (Å²) in [4.78, 5) is 23.0. The van der Waals surface area contributed by atoms with Gasteiger partial charge in [-0.2, -0.15) is 12.6 Å². The van der Waals surface area contributed by atoms with Gasteiger partial charge in [0.25, 0.3) is 10.0 Å². The van der Waals surface area contributed by atoms with E-state index in [-0.39, 0.29) is 16.6 Å². The number of urea groups is 1. The molecular weight excluding hydrogens is 454 g/mol. The van der Waals surface area contributed by atoms with Gasteiger partial charge in [0.05, 0.1) is 10.6 Å². The molecule has 0 aliphatic heterocycles. The maximum absolute atomic E-state index is 12.3. The number of benzene rings is 2. The molecule has 0 heterocycles. The lowest BCUT2D eigenvalue weighted by Gasteiger charge is -2.10. The average Bonchev–Trinajstić information content (AvgIpc) is 2.61. The van der Waals surface area contributed by atoms with Gasteiger partial charge >= 0.3 is 6.03 Å². The van der Waals surface area contributed by atoms with Crippen LogP contribution in [-0.4, -0.2) is 32.7 Å². The van der Waals surface area contributed by atoms with Crippen molar-refractivity contribution in [2.45, 2.75) is 11.3 Å². The molecule has 27 heavy (non-hydrogen) atoms. The summed E-state index contributed by atoms with van der Waals surface area (Å²) >= 11 is 7.13. The van der Waals surface area contributed by atoms with E-state index in [0.29, 0.717) is 18.7 Å². The van der Waals surface area contributed by atoms with Crippen molar-refractivity contribution < 1.29 is 18.0 Å². The Bertz CT molecular complexity index is 918. The maximum Gasteiger partial charge on any atom is 0.333 e. The predicted octanol–water partition coefficient (Wildman–Crippen LogP) is 2.55. The SMILES string of the molecule is O=C(CS)NCCc1ccc(S(=O)(=O)NC(=O)Nc2cccc(Br)c2)cc1. The summed E-state index contributed by atoms with van der Waals surface area (Å²) in [6.07, 6.45) is 0.552. The van der Waals surface area contributed by atoms with E-state index in [2.05, 4.69) is 39.2 Å². The van der Waals surface area contributed by atoms with Gasteiger partial charge in [-0.25, -0.2) is 17.9 Å². The second-order valence-corrected chi connectivity index (χ2v) is 8.39. The highest BCUT2D eigenvalue weighted by molar-refractivity contribution is 9.10. The fraction of sp³-hybridized carbons (Fsp3) is 0.176. The van der Waals surface area contributed by atoms with Gasteiger partial charge in [0.1, 0.15) is 0 Å². The van der Waals surface area contributed by atoms with Gasteiger partial charge in [0.15, 0.2) is 0 Å².